The van der Waals surface area contributed by atoms with Gasteiger partial charge in [-0.25, -0.2) is 0 Å². The summed E-state index contributed by atoms with van der Waals surface area (Å²) in [6, 6.07) is 20.4. The minimum Gasteiger partial charge on any atom is -0.508 e. The summed E-state index contributed by atoms with van der Waals surface area (Å²) >= 11 is 3.37. The first-order valence-electron chi connectivity index (χ1n) is 10.8. The number of likely N-dealkylation sites (tertiary alicyclic amines) is 1. The van der Waals surface area contributed by atoms with E-state index < -0.39 is 17.7 Å². The van der Waals surface area contributed by atoms with Gasteiger partial charge in [-0.3, -0.25) is 9.59 Å². The molecule has 1 fully saturated rings. The lowest BCUT2D eigenvalue weighted by molar-refractivity contribution is -0.139. The van der Waals surface area contributed by atoms with Crippen molar-refractivity contribution in [3.05, 3.63) is 106 Å². The number of nitrogens with zero attached hydrogens (tertiary/aromatic N) is 1. The van der Waals surface area contributed by atoms with E-state index in [0.29, 0.717) is 17.5 Å². The van der Waals surface area contributed by atoms with Crippen molar-refractivity contribution in [2.45, 2.75) is 12.5 Å². The normalized spacial score (nSPS) is 17.6. The van der Waals surface area contributed by atoms with Gasteiger partial charge in [-0.1, -0.05) is 58.4 Å². The topological polar surface area (TPSA) is 93.6 Å². The van der Waals surface area contributed by atoms with Crippen LogP contribution in [0.3, 0.4) is 0 Å². The van der Waals surface area contributed by atoms with Crippen LogP contribution in [0.4, 0.5) is 0 Å². The van der Waals surface area contributed by atoms with Crippen LogP contribution in [-0.2, 0) is 16.0 Å². The lowest BCUT2D eigenvalue weighted by Crippen LogP contribution is -2.31. The second-order valence-electron chi connectivity index (χ2n) is 8.20. The number of aromatic nitrogens is 1. The molecule has 0 bridgehead atoms. The number of aromatic amines is 1. The number of amides is 1. The molecule has 2 heterocycles. The summed E-state index contributed by atoms with van der Waals surface area (Å²) in [5.41, 5.74) is 3.16. The summed E-state index contributed by atoms with van der Waals surface area (Å²) in [4.78, 5) is 31.0. The summed E-state index contributed by atoms with van der Waals surface area (Å²) in [7, 11) is 0. The number of benzene rings is 3. The van der Waals surface area contributed by atoms with Gasteiger partial charge >= 0.3 is 0 Å². The Morgan fingerprint density at radius 1 is 0.971 bits per heavy atom. The fourth-order valence-electron chi connectivity index (χ4n) is 4.46. The number of nitrogens with one attached hydrogen (secondary N) is 1. The minimum absolute atomic E-state index is 0.0388. The first-order chi connectivity index (χ1) is 16.4. The van der Waals surface area contributed by atoms with E-state index in [1.807, 2.05) is 30.5 Å². The van der Waals surface area contributed by atoms with E-state index in [2.05, 4.69) is 20.9 Å². The number of halogens is 1. The van der Waals surface area contributed by atoms with Crippen molar-refractivity contribution >= 4 is 44.3 Å². The maximum atomic E-state index is 13.1. The second-order valence-corrected chi connectivity index (χ2v) is 9.12. The van der Waals surface area contributed by atoms with Crippen LogP contribution < -0.4 is 0 Å². The number of Topliss-reactive ketones (excluding diaryl/α,β-unsaturated/α-hetero) is 1. The Bertz CT molecular complexity index is 1420. The molecule has 5 rings (SSSR count). The number of phenolic OH excluding ortho intramolecular Hbond substituents is 1. The first-order valence-corrected chi connectivity index (χ1v) is 11.6. The van der Waals surface area contributed by atoms with E-state index in [9.17, 15) is 19.8 Å². The Hall–Kier alpha value is -3.84. The number of hydrogen-bond donors (Lipinski definition) is 3. The zero-order valence-corrected chi connectivity index (χ0v) is 19.6. The molecule has 170 valence electrons. The number of para-hydroxylation sites is 1. The van der Waals surface area contributed by atoms with Crippen molar-refractivity contribution < 1.29 is 19.8 Å². The standard InChI is InChI=1S/C27H21BrN2O4/c28-19-9-5-17(6-10-19)25(32)23-24(16-7-11-20(31)12-8-16)30(27(34)26(23)33)14-13-18-15-29-22-4-2-1-3-21(18)22/h1-12,15,24,29,31-32H,13-14H2/t24-/m1/s1. The molecular formula is C27H21BrN2O4. The molecule has 0 radical (unpaired) electrons. The minimum atomic E-state index is -0.769. The van der Waals surface area contributed by atoms with Crippen LogP contribution in [0.15, 0.2) is 89.0 Å². The number of fused-ring (bicyclic) bond motifs is 1. The summed E-state index contributed by atoms with van der Waals surface area (Å²) in [5.74, 6) is -1.53. The summed E-state index contributed by atoms with van der Waals surface area (Å²) < 4.78 is 0.832. The molecule has 34 heavy (non-hydrogen) atoms. The SMILES string of the molecule is O=C1C(=O)N(CCc2c[nH]c3ccccc23)[C@H](c2ccc(O)cc2)C1=C(O)c1ccc(Br)cc1. The molecule has 6 nitrogen and oxygen atoms in total. The molecule has 0 saturated carbocycles. The molecule has 7 heteroatoms. The Labute approximate surface area is 204 Å². The Kier molecular flexibility index (Phi) is 5.71. The zero-order valence-electron chi connectivity index (χ0n) is 18.0. The number of carbonyl (C=O) groups excluding carboxylic acids is 2. The molecule has 1 aliphatic heterocycles. The van der Waals surface area contributed by atoms with Crippen molar-refractivity contribution in [3.63, 3.8) is 0 Å². The van der Waals surface area contributed by atoms with Gasteiger partial charge in [0, 0.05) is 33.7 Å². The van der Waals surface area contributed by atoms with Gasteiger partial charge in [0.15, 0.2) is 0 Å². The summed E-state index contributed by atoms with van der Waals surface area (Å²) in [6.07, 6.45) is 2.45. The van der Waals surface area contributed by atoms with Crippen LogP contribution in [0.25, 0.3) is 16.7 Å². The molecule has 1 aliphatic rings. The van der Waals surface area contributed by atoms with Crippen LogP contribution in [0.1, 0.15) is 22.7 Å². The van der Waals surface area contributed by atoms with Crippen LogP contribution in [0, 0.1) is 0 Å². The predicted molar refractivity (Wildman–Crippen MR) is 133 cm³/mol. The fourth-order valence-corrected chi connectivity index (χ4v) is 4.72. The number of hydrogen-bond acceptors (Lipinski definition) is 4. The molecule has 0 spiro atoms. The highest BCUT2D eigenvalue weighted by Gasteiger charge is 2.45. The van der Waals surface area contributed by atoms with Crippen LogP contribution in [0.5, 0.6) is 5.75 Å². The van der Waals surface area contributed by atoms with E-state index in [1.54, 1.807) is 36.4 Å². The van der Waals surface area contributed by atoms with Crippen molar-refractivity contribution in [1.29, 1.82) is 0 Å². The molecule has 0 aliphatic carbocycles. The molecule has 1 atom stereocenters. The average Bonchev–Trinajstić information content (AvgIpc) is 3.37. The summed E-state index contributed by atoms with van der Waals surface area (Å²) in [6.45, 7) is 0.287. The quantitative estimate of drug-likeness (QED) is 0.190. The third-order valence-corrected chi connectivity index (χ3v) is 6.69. The highest BCUT2D eigenvalue weighted by atomic mass is 79.9. The third-order valence-electron chi connectivity index (χ3n) is 6.16. The Morgan fingerprint density at radius 3 is 2.41 bits per heavy atom. The number of ketones is 1. The van der Waals surface area contributed by atoms with Gasteiger partial charge in [-0.05, 0) is 47.9 Å². The molecule has 1 amide bonds. The van der Waals surface area contributed by atoms with Crippen molar-refractivity contribution in [3.8, 4) is 5.75 Å². The van der Waals surface area contributed by atoms with Crippen LogP contribution >= 0.6 is 15.9 Å². The van der Waals surface area contributed by atoms with E-state index >= 15 is 0 Å². The number of carbonyl (C=O) groups is 2. The summed E-state index contributed by atoms with van der Waals surface area (Å²) in [5, 5.41) is 21.9. The number of H-pyrrole nitrogens is 1. The van der Waals surface area contributed by atoms with Gasteiger partial charge in [0.25, 0.3) is 11.7 Å². The average molecular weight is 517 g/mol. The van der Waals surface area contributed by atoms with Gasteiger partial charge in [-0.2, -0.15) is 0 Å². The molecule has 4 aromatic rings. The number of phenols is 1. The van der Waals surface area contributed by atoms with Gasteiger partial charge < -0.3 is 20.1 Å². The first kappa shape index (κ1) is 22.0. The molecule has 1 saturated heterocycles. The van der Waals surface area contributed by atoms with E-state index in [0.717, 1.165) is 20.9 Å². The van der Waals surface area contributed by atoms with Crippen molar-refractivity contribution in [2.24, 2.45) is 0 Å². The third kappa shape index (κ3) is 3.88. The van der Waals surface area contributed by atoms with Crippen LogP contribution in [0.2, 0.25) is 0 Å². The number of aromatic hydroxyl groups is 1. The van der Waals surface area contributed by atoms with Gasteiger partial charge in [0.05, 0.1) is 11.6 Å². The monoisotopic (exact) mass is 516 g/mol. The predicted octanol–water partition coefficient (Wildman–Crippen LogP) is 5.30. The van der Waals surface area contributed by atoms with Gasteiger partial charge in [0.1, 0.15) is 11.5 Å². The highest BCUT2D eigenvalue weighted by Crippen LogP contribution is 2.40. The lowest BCUT2D eigenvalue weighted by atomic mass is 9.95. The molecule has 1 aromatic heterocycles. The fraction of sp³-hybridized carbons (Fsp3) is 0.111. The van der Waals surface area contributed by atoms with Gasteiger partial charge in [0.2, 0.25) is 0 Å². The second kappa shape index (κ2) is 8.83. The number of rotatable bonds is 5. The Morgan fingerprint density at radius 2 is 1.68 bits per heavy atom. The zero-order chi connectivity index (χ0) is 23.8. The largest absolute Gasteiger partial charge is 0.508 e. The van der Waals surface area contributed by atoms with E-state index in [-0.39, 0.29) is 23.6 Å². The lowest BCUT2D eigenvalue weighted by Gasteiger charge is -2.25. The van der Waals surface area contributed by atoms with Crippen LogP contribution in [-0.4, -0.2) is 38.3 Å². The molecule has 0 unspecified atom stereocenters. The van der Waals surface area contributed by atoms with Crippen molar-refractivity contribution in [2.75, 3.05) is 6.54 Å². The van der Waals surface area contributed by atoms with Crippen molar-refractivity contribution in [1.82, 2.24) is 9.88 Å². The maximum Gasteiger partial charge on any atom is 0.295 e. The molecule has 3 N–H and O–H groups in total. The highest BCUT2D eigenvalue weighted by molar-refractivity contribution is 9.10. The van der Waals surface area contributed by atoms with E-state index in [4.69, 9.17) is 0 Å². The molecule has 3 aromatic carbocycles. The Balaban J connectivity index is 1.56. The van der Waals surface area contributed by atoms with E-state index in [1.165, 1.54) is 17.0 Å². The smallest absolute Gasteiger partial charge is 0.295 e. The number of aliphatic hydroxyl groups is 1. The van der Waals surface area contributed by atoms with Gasteiger partial charge in [-0.15, -0.1) is 0 Å². The maximum absolute atomic E-state index is 13.1. The number of aliphatic hydroxyl groups excluding tert-OH is 1. The molecular weight excluding hydrogens is 496 g/mol.